The van der Waals surface area contributed by atoms with E-state index in [1.807, 2.05) is 12.1 Å². The second-order valence-corrected chi connectivity index (χ2v) is 9.85. The smallest absolute Gasteiger partial charge is 0.179 e. The van der Waals surface area contributed by atoms with Crippen LogP contribution in [0, 0.1) is 18.3 Å². The van der Waals surface area contributed by atoms with Crippen LogP contribution < -0.4 is 0 Å². The van der Waals surface area contributed by atoms with Crippen molar-refractivity contribution in [1.82, 2.24) is 14.9 Å². The van der Waals surface area contributed by atoms with Crippen molar-refractivity contribution in [2.45, 2.75) is 30.6 Å². The average Bonchev–Trinajstić information content (AvgIpc) is 3.16. The Morgan fingerprint density at radius 2 is 2.03 bits per heavy atom. The molecule has 1 aliphatic rings. The summed E-state index contributed by atoms with van der Waals surface area (Å²) in [7, 11) is -3.37. The van der Waals surface area contributed by atoms with Crippen LogP contribution in [-0.4, -0.2) is 48.7 Å². The van der Waals surface area contributed by atoms with Crippen molar-refractivity contribution < 1.29 is 8.42 Å². The first kappa shape index (κ1) is 19.6. The second-order valence-electron chi connectivity index (χ2n) is 7.74. The molecule has 0 bridgehead atoms. The standard InChI is InChI=1S/C22H24N4O2S/c1-16-4-9-20-21(13-16)25-22(24-20)18-3-2-10-26(15-18)11-12-29(27,28)19-7-5-17(14-23)6-8-19/h4-9,13,18H,2-3,10-12,15H2,1H3,(H,24,25). The number of nitrogens with one attached hydrogen (secondary N) is 1. The molecule has 0 amide bonds. The summed E-state index contributed by atoms with van der Waals surface area (Å²) >= 11 is 0. The van der Waals surface area contributed by atoms with Crippen molar-refractivity contribution in [3.63, 3.8) is 0 Å². The molecule has 2 aromatic carbocycles. The fraction of sp³-hybridized carbons (Fsp3) is 0.364. The monoisotopic (exact) mass is 408 g/mol. The quantitative estimate of drug-likeness (QED) is 0.699. The van der Waals surface area contributed by atoms with Gasteiger partial charge in [-0.15, -0.1) is 0 Å². The largest absolute Gasteiger partial charge is 0.342 e. The first-order valence-corrected chi connectivity index (χ1v) is 11.5. The minimum absolute atomic E-state index is 0.0744. The van der Waals surface area contributed by atoms with Crippen LogP contribution in [0.4, 0.5) is 0 Å². The van der Waals surface area contributed by atoms with Crippen LogP contribution in [-0.2, 0) is 9.84 Å². The molecule has 1 saturated heterocycles. The number of likely N-dealkylation sites (tertiary alicyclic amines) is 1. The third-order valence-electron chi connectivity index (χ3n) is 5.57. The molecular formula is C22H24N4O2S. The molecule has 0 saturated carbocycles. The van der Waals surface area contributed by atoms with Gasteiger partial charge in [0, 0.05) is 19.0 Å². The molecular weight excluding hydrogens is 384 g/mol. The number of piperidine rings is 1. The van der Waals surface area contributed by atoms with Gasteiger partial charge in [-0.3, -0.25) is 0 Å². The lowest BCUT2D eigenvalue weighted by Gasteiger charge is -2.31. The molecule has 1 aliphatic heterocycles. The number of sulfone groups is 1. The highest BCUT2D eigenvalue weighted by atomic mass is 32.2. The summed E-state index contributed by atoms with van der Waals surface area (Å²) < 4.78 is 25.3. The molecule has 150 valence electrons. The fourth-order valence-corrected chi connectivity index (χ4v) is 5.21. The molecule has 0 aliphatic carbocycles. The van der Waals surface area contributed by atoms with Gasteiger partial charge in [0.05, 0.1) is 33.3 Å². The van der Waals surface area contributed by atoms with Crippen LogP contribution >= 0.6 is 0 Å². The van der Waals surface area contributed by atoms with E-state index in [1.54, 1.807) is 12.1 Å². The summed E-state index contributed by atoms with van der Waals surface area (Å²) in [4.78, 5) is 10.7. The molecule has 1 atom stereocenters. The van der Waals surface area contributed by atoms with E-state index in [1.165, 1.54) is 17.7 Å². The van der Waals surface area contributed by atoms with Crippen molar-refractivity contribution in [3.05, 3.63) is 59.4 Å². The maximum atomic E-state index is 12.6. The number of H-pyrrole nitrogens is 1. The van der Waals surface area contributed by atoms with Gasteiger partial charge in [0.25, 0.3) is 0 Å². The number of hydrogen-bond donors (Lipinski definition) is 1. The predicted octanol–water partition coefficient (Wildman–Crippen LogP) is 3.40. The Hall–Kier alpha value is -2.69. The van der Waals surface area contributed by atoms with Crippen molar-refractivity contribution >= 4 is 20.9 Å². The van der Waals surface area contributed by atoms with E-state index in [0.29, 0.717) is 12.1 Å². The number of aromatic nitrogens is 2. The maximum absolute atomic E-state index is 12.6. The van der Waals surface area contributed by atoms with Gasteiger partial charge in [-0.05, 0) is 68.3 Å². The molecule has 2 heterocycles. The van der Waals surface area contributed by atoms with Crippen LogP contribution in [0.5, 0.6) is 0 Å². The number of hydrogen-bond acceptors (Lipinski definition) is 5. The van der Waals surface area contributed by atoms with Crippen LogP contribution in [0.1, 0.15) is 35.7 Å². The summed E-state index contributed by atoms with van der Waals surface area (Å²) in [5.74, 6) is 1.35. The van der Waals surface area contributed by atoms with Crippen molar-refractivity contribution in [1.29, 1.82) is 5.26 Å². The van der Waals surface area contributed by atoms with Crippen LogP contribution in [0.25, 0.3) is 11.0 Å². The lowest BCUT2D eigenvalue weighted by Crippen LogP contribution is -2.37. The maximum Gasteiger partial charge on any atom is 0.179 e. The SMILES string of the molecule is Cc1ccc2nc(C3CCCN(CCS(=O)(=O)c4ccc(C#N)cc4)C3)[nH]c2c1. The van der Waals surface area contributed by atoms with E-state index in [4.69, 9.17) is 10.2 Å². The van der Waals surface area contributed by atoms with Crippen LogP contribution in [0.2, 0.25) is 0 Å². The normalized spacial score (nSPS) is 18.0. The Labute approximate surface area is 171 Å². The molecule has 1 N–H and O–H groups in total. The molecule has 1 unspecified atom stereocenters. The minimum atomic E-state index is -3.37. The van der Waals surface area contributed by atoms with Gasteiger partial charge in [-0.25, -0.2) is 13.4 Å². The number of rotatable bonds is 5. The third kappa shape index (κ3) is 4.34. The van der Waals surface area contributed by atoms with E-state index >= 15 is 0 Å². The molecule has 29 heavy (non-hydrogen) atoms. The van der Waals surface area contributed by atoms with E-state index < -0.39 is 9.84 Å². The lowest BCUT2D eigenvalue weighted by atomic mass is 9.97. The highest BCUT2D eigenvalue weighted by Crippen LogP contribution is 2.27. The van der Waals surface area contributed by atoms with Gasteiger partial charge in [0.2, 0.25) is 0 Å². The number of imidazole rings is 1. The van der Waals surface area contributed by atoms with Crippen molar-refractivity contribution in [2.24, 2.45) is 0 Å². The Morgan fingerprint density at radius 3 is 2.79 bits per heavy atom. The number of aryl methyl sites for hydroxylation is 1. The zero-order valence-electron chi connectivity index (χ0n) is 16.4. The number of nitrogens with zero attached hydrogens (tertiary/aromatic N) is 3. The summed E-state index contributed by atoms with van der Waals surface area (Å²) in [6.45, 7) is 4.27. The lowest BCUT2D eigenvalue weighted by molar-refractivity contribution is 0.215. The van der Waals surface area contributed by atoms with Gasteiger partial charge in [0.15, 0.2) is 9.84 Å². The number of benzene rings is 2. The van der Waals surface area contributed by atoms with Gasteiger partial charge >= 0.3 is 0 Å². The first-order chi connectivity index (χ1) is 13.9. The van der Waals surface area contributed by atoms with E-state index in [0.717, 1.165) is 42.8 Å². The van der Waals surface area contributed by atoms with Gasteiger partial charge < -0.3 is 9.88 Å². The Bertz CT molecular complexity index is 1160. The summed E-state index contributed by atoms with van der Waals surface area (Å²) in [5.41, 5.74) is 3.70. The predicted molar refractivity (Wildman–Crippen MR) is 112 cm³/mol. The number of nitriles is 1. The first-order valence-electron chi connectivity index (χ1n) is 9.86. The van der Waals surface area contributed by atoms with Gasteiger partial charge in [-0.2, -0.15) is 5.26 Å². The van der Waals surface area contributed by atoms with E-state index in [2.05, 4.69) is 28.9 Å². The molecule has 1 aromatic heterocycles. The zero-order valence-corrected chi connectivity index (χ0v) is 17.2. The fourth-order valence-electron chi connectivity index (χ4n) is 3.92. The number of fused-ring (bicyclic) bond motifs is 1. The van der Waals surface area contributed by atoms with E-state index in [-0.39, 0.29) is 16.6 Å². The molecule has 7 heteroatoms. The molecule has 0 radical (unpaired) electrons. The Morgan fingerprint density at radius 1 is 1.24 bits per heavy atom. The number of aromatic amines is 1. The highest BCUT2D eigenvalue weighted by molar-refractivity contribution is 7.91. The van der Waals surface area contributed by atoms with Gasteiger partial charge in [-0.1, -0.05) is 6.07 Å². The Kier molecular flexibility index (Phi) is 5.39. The summed E-state index contributed by atoms with van der Waals surface area (Å²) in [5, 5.41) is 8.87. The summed E-state index contributed by atoms with van der Waals surface area (Å²) in [6.07, 6.45) is 2.08. The highest BCUT2D eigenvalue weighted by Gasteiger charge is 2.25. The molecule has 1 fully saturated rings. The average molecular weight is 409 g/mol. The van der Waals surface area contributed by atoms with Crippen LogP contribution in [0.3, 0.4) is 0 Å². The minimum Gasteiger partial charge on any atom is -0.342 e. The molecule has 0 spiro atoms. The third-order valence-corrected chi connectivity index (χ3v) is 7.28. The Balaban J connectivity index is 1.42. The molecule has 4 rings (SSSR count). The van der Waals surface area contributed by atoms with Crippen molar-refractivity contribution in [2.75, 3.05) is 25.4 Å². The topological polar surface area (TPSA) is 89.8 Å². The molecule has 3 aromatic rings. The zero-order chi connectivity index (χ0) is 20.4. The van der Waals surface area contributed by atoms with Gasteiger partial charge in [0.1, 0.15) is 5.82 Å². The van der Waals surface area contributed by atoms with E-state index in [9.17, 15) is 8.42 Å². The second kappa shape index (κ2) is 7.97. The molecule has 6 nitrogen and oxygen atoms in total. The van der Waals surface area contributed by atoms with Crippen molar-refractivity contribution in [3.8, 4) is 6.07 Å². The summed E-state index contributed by atoms with van der Waals surface area (Å²) in [6, 6.07) is 14.4. The van der Waals surface area contributed by atoms with Crippen LogP contribution in [0.15, 0.2) is 47.4 Å².